The number of hydrogen-bond donors (Lipinski definition) is 0. The van der Waals surface area contributed by atoms with Crippen molar-refractivity contribution in [1.82, 2.24) is 9.88 Å². The third kappa shape index (κ3) is 4.85. The lowest BCUT2D eigenvalue weighted by Crippen LogP contribution is -2.19. The summed E-state index contributed by atoms with van der Waals surface area (Å²) >= 11 is 7.41. The number of benzene rings is 1. The van der Waals surface area contributed by atoms with Gasteiger partial charge < -0.3 is 4.90 Å². The van der Waals surface area contributed by atoms with E-state index in [0.29, 0.717) is 5.88 Å². The van der Waals surface area contributed by atoms with Crippen LogP contribution in [0, 0.1) is 5.82 Å². The van der Waals surface area contributed by atoms with Crippen molar-refractivity contribution >= 4 is 22.9 Å². The van der Waals surface area contributed by atoms with Gasteiger partial charge in [-0.3, -0.25) is 0 Å². The maximum absolute atomic E-state index is 12.8. The molecule has 0 aliphatic rings. The summed E-state index contributed by atoms with van der Waals surface area (Å²) in [5.74, 6) is 0.302. The van der Waals surface area contributed by atoms with Gasteiger partial charge >= 0.3 is 0 Å². The molecule has 0 amide bonds. The molecule has 1 aromatic heterocycles. The molecule has 0 saturated carbocycles. The summed E-state index contributed by atoms with van der Waals surface area (Å²) in [6, 6.07) is 6.68. The van der Waals surface area contributed by atoms with E-state index in [9.17, 15) is 4.39 Å². The average molecular weight is 313 g/mol. The molecule has 5 heteroatoms. The molecule has 2 aromatic rings. The number of aromatic nitrogens is 1. The Balaban J connectivity index is 1.72. The molecule has 108 valence electrons. The van der Waals surface area contributed by atoms with Gasteiger partial charge in [-0.25, -0.2) is 9.37 Å². The van der Waals surface area contributed by atoms with Gasteiger partial charge in [0.2, 0.25) is 0 Å². The summed E-state index contributed by atoms with van der Waals surface area (Å²) in [6.07, 6.45) is 2.04. The Morgan fingerprint density at radius 2 is 2.05 bits per heavy atom. The highest BCUT2D eigenvalue weighted by molar-refractivity contribution is 7.09. The number of aryl methyl sites for hydroxylation is 1. The molecule has 0 bridgehead atoms. The van der Waals surface area contributed by atoms with Gasteiger partial charge in [-0.05, 0) is 37.7 Å². The first-order valence-corrected chi connectivity index (χ1v) is 8.01. The Bertz CT molecular complexity index is 527. The zero-order chi connectivity index (χ0) is 14.4. The quantitative estimate of drug-likeness (QED) is 0.716. The Kier molecular flexibility index (Phi) is 5.95. The molecule has 0 unspecified atom stereocenters. The van der Waals surface area contributed by atoms with Crippen LogP contribution in [-0.2, 0) is 18.8 Å². The van der Waals surface area contributed by atoms with Gasteiger partial charge in [0.05, 0.1) is 16.6 Å². The van der Waals surface area contributed by atoms with Crippen LogP contribution < -0.4 is 0 Å². The first kappa shape index (κ1) is 15.4. The maximum atomic E-state index is 12.8. The van der Waals surface area contributed by atoms with Crippen LogP contribution in [0.5, 0.6) is 0 Å². The van der Waals surface area contributed by atoms with Gasteiger partial charge in [0, 0.05) is 18.3 Å². The Morgan fingerprint density at radius 3 is 2.70 bits per heavy atom. The Morgan fingerprint density at radius 1 is 1.30 bits per heavy atom. The summed E-state index contributed by atoms with van der Waals surface area (Å²) < 4.78 is 12.8. The largest absolute Gasteiger partial charge is 0.302 e. The van der Waals surface area contributed by atoms with E-state index in [1.54, 1.807) is 11.3 Å². The van der Waals surface area contributed by atoms with Crippen molar-refractivity contribution in [2.24, 2.45) is 0 Å². The predicted molar refractivity (Wildman–Crippen MR) is 82.7 cm³/mol. The van der Waals surface area contributed by atoms with Gasteiger partial charge in [0.25, 0.3) is 0 Å². The predicted octanol–water partition coefficient (Wildman–Crippen LogP) is 4.09. The van der Waals surface area contributed by atoms with E-state index in [-0.39, 0.29) is 5.82 Å². The highest BCUT2D eigenvalue weighted by Crippen LogP contribution is 2.14. The van der Waals surface area contributed by atoms with E-state index in [0.717, 1.165) is 42.2 Å². The molecule has 2 nitrogen and oxygen atoms in total. The number of hydrogen-bond acceptors (Lipinski definition) is 3. The smallest absolute Gasteiger partial charge is 0.123 e. The van der Waals surface area contributed by atoms with E-state index < -0.39 is 0 Å². The summed E-state index contributed by atoms with van der Waals surface area (Å²) in [6.45, 7) is 1.83. The highest BCUT2D eigenvalue weighted by Gasteiger charge is 2.04. The second kappa shape index (κ2) is 7.72. The lowest BCUT2D eigenvalue weighted by Gasteiger charge is -2.16. The average Bonchev–Trinajstić information content (AvgIpc) is 2.89. The molecule has 0 aliphatic heterocycles. The van der Waals surface area contributed by atoms with Gasteiger partial charge in [0.1, 0.15) is 5.82 Å². The van der Waals surface area contributed by atoms with Crippen molar-refractivity contribution in [3.63, 3.8) is 0 Å². The van der Waals surface area contributed by atoms with Gasteiger partial charge in [0.15, 0.2) is 0 Å². The van der Waals surface area contributed by atoms with E-state index >= 15 is 0 Å². The van der Waals surface area contributed by atoms with E-state index in [4.69, 9.17) is 11.6 Å². The fourth-order valence-electron chi connectivity index (χ4n) is 2.01. The summed E-state index contributed by atoms with van der Waals surface area (Å²) in [7, 11) is 2.08. The summed E-state index contributed by atoms with van der Waals surface area (Å²) in [5.41, 5.74) is 2.10. The van der Waals surface area contributed by atoms with Crippen molar-refractivity contribution in [3.05, 3.63) is 51.7 Å². The molecule has 0 saturated heterocycles. The Labute approximate surface area is 128 Å². The third-order valence-electron chi connectivity index (χ3n) is 3.03. The normalized spacial score (nSPS) is 11.2. The molecule has 0 fully saturated rings. The lowest BCUT2D eigenvalue weighted by molar-refractivity contribution is 0.322. The monoisotopic (exact) mass is 312 g/mol. The van der Waals surface area contributed by atoms with Crippen LogP contribution in [0.3, 0.4) is 0 Å². The van der Waals surface area contributed by atoms with Crippen molar-refractivity contribution < 1.29 is 4.39 Å². The molecule has 0 atom stereocenters. The number of nitrogens with zero attached hydrogens (tertiary/aromatic N) is 2. The van der Waals surface area contributed by atoms with Gasteiger partial charge in [-0.15, -0.1) is 22.9 Å². The molecular formula is C15H18ClFN2S. The van der Waals surface area contributed by atoms with Crippen molar-refractivity contribution in [2.45, 2.75) is 25.3 Å². The van der Waals surface area contributed by atoms with E-state index in [1.165, 1.54) is 12.1 Å². The molecule has 0 radical (unpaired) electrons. The van der Waals surface area contributed by atoms with Crippen molar-refractivity contribution in [3.8, 4) is 0 Å². The second-order valence-corrected chi connectivity index (χ2v) is 6.04. The topological polar surface area (TPSA) is 16.1 Å². The molecule has 0 aliphatic carbocycles. The van der Waals surface area contributed by atoms with Crippen molar-refractivity contribution in [2.75, 3.05) is 13.6 Å². The third-order valence-corrected chi connectivity index (χ3v) is 4.26. The first-order valence-electron chi connectivity index (χ1n) is 6.59. The summed E-state index contributed by atoms with van der Waals surface area (Å²) in [4.78, 5) is 6.69. The first-order chi connectivity index (χ1) is 9.67. The number of thiazole rings is 1. The fraction of sp³-hybridized carbons (Fsp3) is 0.400. The molecule has 2 rings (SSSR count). The van der Waals surface area contributed by atoms with Gasteiger partial charge in [-0.2, -0.15) is 0 Å². The van der Waals surface area contributed by atoms with E-state index in [1.807, 2.05) is 17.5 Å². The molecular weight excluding hydrogens is 295 g/mol. The van der Waals surface area contributed by atoms with Crippen LogP contribution in [0.1, 0.15) is 22.7 Å². The zero-order valence-electron chi connectivity index (χ0n) is 11.5. The van der Waals surface area contributed by atoms with Crippen LogP contribution in [0.2, 0.25) is 0 Å². The number of alkyl halides is 1. The van der Waals surface area contributed by atoms with Crippen molar-refractivity contribution in [1.29, 1.82) is 0 Å². The minimum Gasteiger partial charge on any atom is -0.302 e. The summed E-state index contributed by atoms with van der Waals surface area (Å²) in [5, 5.41) is 3.17. The van der Waals surface area contributed by atoms with E-state index in [2.05, 4.69) is 16.9 Å². The minimum absolute atomic E-state index is 0.185. The van der Waals surface area contributed by atoms with Crippen LogP contribution in [0.4, 0.5) is 4.39 Å². The molecule has 20 heavy (non-hydrogen) atoms. The van der Waals surface area contributed by atoms with Crippen LogP contribution in [0.25, 0.3) is 0 Å². The second-order valence-electron chi connectivity index (χ2n) is 4.83. The molecule has 0 spiro atoms. The maximum Gasteiger partial charge on any atom is 0.123 e. The Hall–Kier alpha value is -0.970. The van der Waals surface area contributed by atoms with Gasteiger partial charge in [-0.1, -0.05) is 12.1 Å². The number of rotatable bonds is 7. The molecule has 0 N–H and O–H groups in total. The molecule has 1 aromatic carbocycles. The lowest BCUT2D eigenvalue weighted by atomic mass is 10.2. The van der Waals surface area contributed by atoms with Crippen LogP contribution >= 0.6 is 22.9 Å². The SMILES string of the molecule is CN(CCCc1nc(CCl)cs1)Cc1ccc(F)cc1. The minimum atomic E-state index is -0.185. The standard InChI is InChI=1S/C15H18ClFN2S/c1-19(10-12-4-6-13(17)7-5-12)8-2-3-15-18-14(9-16)11-20-15/h4-7,11H,2-3,8-10H2,1H3. The zero-order valence-corrected chi connectivity index (χ0v) is 13.1. The van der Waals surface area contributed by atoms with Crippen LogP contribution in [0.15, 0.2) is 29.6 Å². The van der Waals surface area contributed by atoms with Crippen LogP contribution in [-0.4, -0.2) is 23.5 Å². The highest BCUT2D eigenvalue weighted by atomic mass is 35.5. The molecule has 1 heterocycles. The number of halogens is 2. The fourth-order valence-corrected chi connectivity index (χ4v) is 3.07.